The van der Waals surface area contributed by atoms with Crippen LogP contribution in [0, 0.1) is 0 Å². The van der Waals surface area contributed by atoms with Gasteiger partial charge in [0.25, 0.3) is 0 Å². The molecule has 0 saturated heterocycles. The van der Waals surface area contributed by atoms with E-state index in [0.29, 0.717) is 6.04 Å². The molecular weight excluding hydrogens is 252 g/mol. The van der Waals surface area contributed by atoms with Crippen molar-refractivity contribution in [1.29, 1.82) is 0 Å². The lowest BCUT2D eigenvalue weighted by molar-refractivity contribution is 0.519. The van der Waals surface area contributed by atoms with Crippen LogP contribution in [-0.2, 0) is 19.3 Å². The van der Waals surface area contributed by atoms with Crippen molar-refractivity contribution < 1.29 is 0 Å². The fraction of sp³-hybridized carbons (Fsp3) is 0.438. The predicted molar refractivity (Wildman–Crippen MR) is 82.8 cm³/mol. The van der Waals surface area contributed by atoms with Crippen molar-refractivity contribution in [2.24, 2.45) is 0 Å². The van der Waals surface area contributed by atoms with E-state index < -0.39 is 0 Å². The smallest absolute Gasteiger partial charge is 0.0419 e. The average Bonchev–Trinajstić information content (AvgIpc) is 2.93. The Hall–Kier alpha value is -1.19. The molecule has 1 unspecified atom stereocenters. The van der Waals surface area contributed by atoms with Crippen molar-refractivity contribution >= 4 is 11.3 Å². The lowest BCUT2D eigenvalue weighted by atomic mass is 10.1. The third kappa shape index (κ3) is 4.44. The van der Waals surface area contributed by atoms with Crippen molar-refractivity contribution in [3.05, 3.63) is 52.0 Å². The van der Waals surface area contributed by atoms with Gasteiger partial charge >= 0.3 is 0 Å². The van der Waals surface area contributed by atoms with E-state index in [-0.39, 0.29) is 0 Å². The number of hydrogen-bond donors (Lipinski definition) is 1. The Bertz CT molecular complexity index is 462. The van der Waals surface area contributed by atoms with Crippen LogP contribution in [-0.4, -0.2) is 17.6 Å². The van der Waals surface area contributed by atoms with E-state index in [2.05, 4.69) is 53.8 Å². The Morgan fingerprint density at radius 1 is 1.21 bits per heavy atom. The van der Waals surface area contributed by atoms with Gasteiger partial charge in [0, 0.05) is 29.2 Å². The number of aromatic nitrogens is 1. The second-order valence-corrected chi connectivity index (χ2v) is 5.79. The number of rotatable bonds is 7. The summed E-state index contributed by atoms with van der Waals surface area (Å²) in [7, 11) is 0. The highest BCUT2D eigenvalue weighted by Crippen LogP contribution is 2.13. The SMILES string of the molecule is CCNC(Cc1ccc(CC)cn1)Cc1cccs1. The third-order valence-electron chi connectivity index (χ3n) is 3.27. The van der Waals surface area contributed by atoms with Gasteiger partial charge in [-0.3, -0.25) is 4.98 Å². The summed E-state index contributed by atoms with van der Waals surface area (Å²) in [6.45, 7) is 5.33. The summed E-state index contributed by atoms with van der Waals surface area (Å²) in [5.74, 6) is 0. The zero-order valence-electron chi connectivity index (χ0n) is 11.7. The van der Waals surface area contributed by atoms with Crippen LogP contribution in [0.2, 0.25) is 0 Å². The molecule has 0 bridgehead atoms. The number of nitrogens with zero attached hydrogens (tertiary/aromatic N) is 1. The second kappa shape index (κ2) is 7.41. The minimum absolute atomic E-state index is 0.476. The number of pyridine rings is 1. The molecule has 19 heavy (non-hydrogen) atoms. The fourth-order valence-corrected chi connectivity index (χ4v) is 3.00. The summed E-state index contributed by atoms with van der Waals surface area (Å²) < 4.78 is 0. The number of nitrogens with one attached hydrogen (secondary N) is 1. The Balaban J connectivity index is 1.98. The molecule has 0 spiro atoms. The lowest BCUT2D eigenvalue weighted by Gasteiger charge is -2.16. The van der Waals surface area contributed by atoms with Gasteiger partial charge in [-0.15, -0.1) is 11.3 Å². The molecule has 2 aromatic rings. The molecular formula is C16H22N2S. The molecule has 2 rings (SSSR count). The summed E-state index contributed by atoms with van der Waals surface area (Å²) in [4.78, 5) is 6.01. The minimum atomic E-state index is 0.476. The number of hydrogen-bond acceptors (Lipinski definition) is 3. The van der Waals surface area contributed by atoms with Crippen LogP contribution >= 0.6 is 11.3 Å². The topological polar surface area (TPSA) is 24.9 Å². The molecule has 0 saturated carbocycles. The van der Waals surface area contributed by atoms with Crippen molar-refractivity contribution in [2.45, 2.75) is 39.2 Å². The maximum Gasteiger partial charge on any atom is 0.0419 e. The van der Waals surface area contributed by atoms with Crippen LogP contribution in [0.15, 0.2) is 35.8 Å². The molecule has 0 aliphatic heterocycles. The van der Waals surface area contributed by atoms with Crippen LogP contribution < -0.4 is 5.32 Å². The summed E-state index contributed by atoms with van der Waals surface area (Å²) in [5.41, 5.74) is 2.49. The quantitative estimate of drug-likeness (QED) is 0.836. The first kappa shape index (κ1) is 14.2. The minimum Gasteiger partial charge on any atom is -0.314 e. The number of aryl methyl sites for hydroxylation is 1. The lowest BCUT2D eigenvalue weighted by Crippen LogP contribution is -2.33. The Kier molecular flexibility index (Phi) is 5.55. The van der Waals surface area contributed by atoms with Gasteiger partial charge in [0.2, 0.25) is 0 Å². The van der Waals surface area contributed by atoms with E-state index in [9.17, 15) is 0 Å². The zero-order chi connectivity index (χ0) is 13.5. The first-order valence-corrected chi connectivity index (χ1v) is 7.89. The first-order valence-electron chi connectivity index (χ1n) is 7.01. The molecule has 102 valence electrons. The van der Waals surface area contributed by atoms with Crippen molar-refractivity contribution in [3.8, 4) is 0 Å². The molecule has 0 fully saturated rings. The highest BCUT2D eigenvalue weighted by Gasteiger charge is 2.11. The maximum absolute atomic E-state index is 4.56. The summed E-state index contributed by atoms with van der Waals surface area (Å²) in [6, 6.07) is 9.16. The molecule has 0 radical (unpaired) electrons. The molecule has 2 aromatic heterocycles. The van der Waals surface area contributed by atoms with Gasteiger partial charge in [-0.25, -0.2) is 0 Å². The first-order chi connectivity index (χ1) is 9.31. The highest BCUT2D eigenvalue weighted by atomic mass is 32.1. The largest absolute Gasteiger partial charge is 0.314 e. The van der Waals surface area contributed by atoms with Gasteiger partial charge in [0.05, 0.1) is 0 Å². The van der Waals surface area contributed by atoms with E-state index in [0.717, 1.165) is 25.8 Å². The third-order valence-corrected chi connectivity index (χ3v) is 4.17. The van der Waals surface area contributed by atoms with Gasteiger partial charge in [0.15, 0.2) is 0 Å². The van der Waals surface area contributed by atoms with Crippen molar-refractivity contribution in [3.63, 3.8) is 0 Å². The van der Waals surface area contributed by atoms with Gasteiger partial charge in [-0.1, -0.05) is 26.0 Å². The molecule has 0 aromatic carbocycles. The normalized spacial score (nSPS) is 12.5. The van der Waals surface area contributed by atoms with Crippen molar-refractivity contribution in [1.82, 2.24) is 10.3 Å². The molecule has 2 nitrogen and oxygen atoms in total. The summed E-state index contributed by atoms with van der Waals surface area (Å²) in [5, 5.41) is 5.71. The monoisotopic (exact) mass is 274 g/mol. The molecule has 0 aliphatic rings. The Morgan fingerprint density at radius 2 is 2.11 bits per heavy atom. The molecule has 3 heteroatoms. The highest BCUT2D eigenvalue weighted by molar-refractivity contribution is 7.09. The Labute approximate surface area is 119 Å². The van der Waals surface area contributed by atoms with Crippen molar-refractivity contribution in [2.75, 3.05) is 6.54 Å². The van der Waals surface area contributed by atoms with Crippen LogP contribution in [0.4, 0.5) is 0 Å². The van der Waals surface area contributed by atoms with Crippen LogP contribution in [0.1, 0.15) is 30.0 Å². The van der Waals surface area contributed by atoms with Crippen LogP contribution in [0.3, 0.4) is 0 Å². The molecule has 2 heterocycles. The van der Waals surface area contributed by atoms with Crippen LogP contribution in [0.25, 0.3) is 0 Å². The fourth-order valence-electron chi connectivity index (χ4n) is 2.21. The van der Waals surface area contributed by atoms with E-state index >= 15 is 0 Å². The zero-order valence-corrected chi connectivity index (χ0v) is 12.5. The second-order valence-electron chi connectivity index (χ2n) is 4.75. The van der Waals surface area contributed by atoms with E-state index in [1.165, 1.54) is 16.1 Å². The van der Waals surface area contributed by atoms with E-state index in [1.807, 2.05) is 17.5 Å². The van der Waals surface area contributed by atoms with Gasteiger partial charge in [0.1, 0.15) is 0 Å². The average molecular weight is 274 g/mol. The predicted octanol–water partition coefficient (Wildman–Crippen LogP) is 3.47. The molecule has 1 atom stereocenters. The molecule has 1 N–H and O–H groups in total. The number of thiophene rings is 1. The van der Waals surface area contributed by atoms with Gasteiger partial charge in [-0.05, 0) is 42.5 Å². The van der Waals surface area contributed by atoms with Gasteiger partial charge in [-0.2, -0.15) is 0 Å². The number of likely N-dealkylation sites (N-methyl/N-ethyl adjacent to an activating group) is 1. The molecule has 0 amide bonds. The standard InChI is InChI=1S/C16H22N2S/c1-3-13-7-8-14(18-12-13)10-15(17-4-2)11-16-6-5-9-19-16/h5-9,12,15,17H,3-4,10-11H2,1-2H3. The van der Waals surface area contributed by atoms with E-state index in [4.69, 9.17) is 0 Å². The summed E-state index contributed by atoms with van der Waals surface area (Å²) in [6.07, 6.45) is 5.14. The maximum atomic E-state index is 4.56. The van der Waals surface area contributed by atoms with Gasteiger partial charge < -0.3 is 5.32 Å². The summed E-state index contributed by atoms with van der Waals surface area (Å²) >= 11 is 1.83. The Morgan fingerprint density at radius 3 is 2.68 bits per heavy atom. The van der Waals surface area contributed by atoms with Crippen LogP contribution in [0.5, 0.6) is 0 Å². The van der Waals surface area contributed by atoms with E-state index in [1.54, 1.807) is 0 Å². The molecule has 0 aliphatic carbocycles.